The first-order valence-corrected chi connectivity index (χ1v) is 15.6. The lowest BCUT2D eigenvalue weighted by Gasteiger charge is -2.33. The monoisotopic (exact) mass is 538 g/mol. The van der Waals surface area contributed by atoms with Crippen molar-refractivity contribution in [2.24, 2.45) is 0 Å². The lowest BCUT2D eigenvalue weighted by Crippen LogP contribution is -2.46. The first-order valence-electron chi connectivity index (χ1n) is 12.1. The van der Waals surface area contributed by atoms with Gasteiger partial charge in [-0.2, -0.15) is 0 Å². The molecule has 2 aromatic carbocycles. The number of halogens is 1. The molecule has 0 radical (unpaired) electrons. The normalized spacial score (nSPS) is 18.1. The number of ether oxygens (including phenoxy) is 1. The number of hydrogen-bond donors (Lipinski definition) is 2. The molecule has 1 saturated heterocycles. The van der Waals surface area contributed by atoms with E-state index < -0.39 is 13.3 Å². The van der Waals surface area contributed by atoms with Crippen molar-refractivity contribution in [3.63, 3.8) is 0 Å². The molecule has 9 heteroatoms. The Morgan fingerprint density at radius 2 is 2.11 bits per heavy atom. The van der Waals surface area contributed by atoms with Crippen LogP contribution in [0.25, 0.3) is 14.9 Å². The van der Waals surface area contributed by atoms with Gasteiger partial charge in [-0.15, -0.1) is 11.3 Å². The number of nitrogens with one attached hydrogen (secondary N) is 2. The van der Waals surface area contributed by atoms with Crippen molar-refractivity contribution in [2.45, 2.75) is 25.2 Å². The van der Waals surface area contributed by atoms with Crippen LogP contribution < -0.4 is 20.7 Å². The van der Waals surface area contributed by atoms with Gasteiger partial charge in [0.15, 0.2) is 0 Å². The van der Waals surface area contributed by atoms with Gasteiger partial charge in [0.25, 0.3) is 0 Å². The summed E-state index contributed by atoms with van der Waals surface area (Å²) in [5, 5.41) is 8.46. The zero-order valence-corrected chi connectivity index (χ0v) is 23.3. The number of fused-ring (bicyclic) bond motifs is 1. The van der Waals surface area contributed by atoms with Gasteiger partial charge in [0.2, 0.25) is 6.54 Å². The van der Waals surface area contributed by atoms with Crippen molar-refractivity contribution in [1.29, 1.82) is 0 Å². The number of hydrogen-bond acceptors (Lipinski definition) is 6. The predicted octanol–water partition coefficient (Wildman–Crippen LogP) is 5.49. The number of methoxy groups -OCH3 is 1. The molecule has 6 nitrogen and oxygen atoms in total. The van der Waals surface area contributed by atoms with Gasteiger partial charge in [-0.25, -0.2) is 11.0 Å². The van der Waals surface area contributed by atoms with Crippen molar-refractivity contribution < 1.29 is 13.7 Å². The van der Waals surface area contributed by atoms with Gasteiger partial charge in [-0.1, -0.05) is 24.0 Å². The Morgan fingerprint density at radius 1 is 1.30 bits per heavy atom. The second-order valence-corrected chi connectivity index (χ2v) is 13.9. The summed E-state index contributed by atoms with van der Waals surface area (Å²) >= 11 is 1.54. The van der Waals surface area contributed by atoms with Crippen LogP contribution >= 0.6 is 18.5 Å². The zero-order chi connectivity index (χ0) is 26.6. The van der Waals surface area contributed by atoms with Gasteiger partial charge in [-0.3, -0.25) is 0 Å². The SMILES string of the molecule is [C-]#[N+]Cc1c(C#CCNc2ccc(P(C)(C)=O)cc2OC)sc2c(NC3CCN(C)C[C@@H]3F)cccc12. The number of likely N-dealkylation sites (tertiary alicyclic amines) is 1. The average molecular weight is 539 g/mol. The van der Waals surface area contributed by atoms with Crippen LogP contribution in [0.1, 0.15) is 16.9 Å². The highest BCUT2D eigenvalue weighted by Gasteiger charge is 2.28. The number of benzene rings is 2. The smallest absolute Gasteiger partial charge is 0.242 e. The molecule has 194 valence electrons. The van der Waals surface area contributed by atoms with Gasteiger partial charge < -0.3 is 29.7 Å². The summed E-state index contributed by atoms with van der Waals surface area (Å²) in [5.74, 6) is 7.03. The molecule has 0 saturated carbocycles. The van der Waals surface area contributed by atoms with Gasteiger partial charge in [0.1, 0.15) is 19.1 Å². The van der Waals surface area contributed by atoms with Crippen molar-refractivity contribution >= 4 is 45.2 Å². The molecule has 0 spiro atoms. The van der Waals surface area contributed by atoms with E-state index in [0.29, 0.717) is 18.8 Å². The van der Waals surface area contributed by atoms with E-state index in [9.17, 15) is 8.96 Å². The Balaban J connectivity index is 1.56. The predicted molar refractivity (Wildman–Crippen MR) is 154 cm³/mol. The minimum Gasteiger partial charge on any atom is -0.495 e. The second kappa shape index (κ2) is 11.6. The highest BCUT2D eigenvalue weighted by Crippen LogP contribution is 2.38. The van der Waals surface area contributed by atoms with E-state index in [0.717, 1.165) is 50.2 Å². The average Bonchev–Trinajstić information content (AvgIpc) is 3.21. The molecule has 1 aromatic heterocycles. The zero-order valence-electron chi connectivity index (χ0n) is 21.6. The number of nitrogens with zero attached hydrogens (tertiary/aromatic N) is 2. The summed E-state index contributed by atoms with van der Waals surface area (Å²) < 4.78 is 33.6. The van der Waals surface area contributed by atoms with Gasteiger partial charge >= 0.3 is 0 Å². The van der Waals surface area contributed by atoms with Crippen LogP contribution in [0.15, 0.2) is 36.4 Å². The fraction of sp³-hybridized carbons (Fsp3) is 0.393. The summed E-state index contributed by atoms with van der Waals surface area (Å²) in [4.78, 5) is 6.49. The number of alkyl halides is 1. The molecule has 0 amide bonds. The van der Waals surface area contributed by atoms with Gasteiger partial charge in [0, 0.05) is 23.8 Å². The summed E-state index contributed by atoms with van der Waals surface area (Å²) in [6.45, 7) is 12.8. The van der Waals surface area contributed by atoms with E-state index in [1.807, 2.05) is 42.3 Å². The third-order valence-electron chi connectivity index (χ3n) is 6.52. The Bertz CT molecular complexity index is 1430. The van der Waals surface area contributed by atoms with E-state index in [2.05, 4.69) is 27.3 Å². The fourth-order valence-electron chi connectivity index (χ4n) is 4.46. The third kappa shape index (κ3) is 6.28. The Labute approximate surface area is 222 Å². The summed E-state index contributed by atoms with van der Waals surface area (Å²) in [6, 6.07) is 11.2. The van der Waals surface area contributed by atoms with Crippen molar-refractivity contribution in [2.75, 3.05) is 57.8 Å². The molecule has 1 fully saturated rings. The number of rotatable bonds is 7. The maximum Gasteiger partial charge on any atom is 0.242 e. The van der Waals surface area contributed by atoms with Crippen LogP contribution in [-0.2, 0) is 11.1 Å². The molecule has 2 atom stereocenters. The lowest BCUT2D eigenvalue weighted by atomic mass is 10.0. The van der Waals surface area contributed by atoms with Crippen molar-refractivity contribution in [3.8, 4) is 17.6 Å². The summed E-state index contributed by atoms with van der Waals surface area (Å²) in [6.07, 6.45) is -0.194. The molecule has 2 heterocycles. The molecular formula is C28H32FN4O2PS. The molecule has 0 bridgehead atoms. The van der Waals surface area contributed by atoms with E-state index in [4.69, 9.17) is 11.3 Å². The molecule has 1 aliphatic rings. The van der Waals surface area contributed by atoms with Crippen LogP contribution in [0.2, 0.25) is 0 Å². The largest absolute Gasteiger partial charge is 0.495 e. The van der Waals surface area contributed by atoms with Crippen molar-refractivity contribution in [1.82, 2.24) is 4.90 Å². The third-order valence-corrected chi connectivity index (χ3v) is 9.24. The van der Waals surface area contributed by atoms with E-state index in [-0.39, 0.29) is 12.6 Å². The molecule has 4 rings (SSSR count). The maximum absolute atomic E-state index is 14.7. The van der Waals surface area contributed by atoms with Crippen LogP contribution in [0.5, 0.6) is 5.75 Å². The number of thiophene rings is 1. The Kier molecular flexibility index (Phi) is 8.45. The highest BCUT2D eigenvalue weighted by molar-refractivity contribution is 7.70. The van der Waals surface area contributed by atoms with Crippen LogP contribution in [0.4, 0.5) is 15.8 Å². The maximum atomic E-state index is 14.7. The highest BCUT2D eigenvalue weighted by atomic mass is 32.1. The first kappa shape index (κ1) is 27.0. The minimum atomic E-state index is -2.39. The Morgan fingerprint density at radius 3 is 2.81 bits per heavy atom. The van der Waals surface area contributed by atoms with E-state index in [1.165, 1.54) is 0 Å². The molecule has 2 N–H and O–H groups in total. The number of anilines is 2. The van der Waals surface area contributed by atoms with Crippen LogP contribution in [-0.4, -0.2) is 64.2 Å². The lowest BCUT2D eigenvalue weighted by molar-refractivity contribution is 0.149. The standard InChI is InChI=1S/C28H32FN4O2PS/c1-30-17-21-20-8-6-9-25(32-23-13-15-33(2)18-22(23)29)28(20)37-27(21)10-7-14-31-24-12-11-19(36(4,5)34)16-26(24)35-3/h6,8-9,11-12,16,22-23,31-32H,13-15,17-18H2,2-5H3/t22-,23?/m0/s1. The molecule has 1 aliphatic heterocycles. The molecule has 1 unspecified atom stereocenters. The summed E-state index contributed by atoms with van der Waals surface area (Å²) in [5.41, 5.74) is 2.58. The van der Waals surface area contributed by atoms with E-state index >= 15 is 0 Å². The Hall–Kier alpha value is -3.03. The number of piperidine rings is 1. The molecule has 3 aromatic rings. The van der Waals surface area contributed by atoms with Crippen LogP contribution in [0, 0.1) is 18.4 Å². The molecular weight excluding hydrogens is 506 g/mol. The topological polar surface area (TPSA) is 58.0 Å². The second-order valence-electron chi connectivity index (χ2n) is 9.62. The van der Waals surface area contributed by atoms with Crippen LogP contribution in [0.3, 0.4) is 0 Å². The van der Waals surface area contributed by atoms with Crippen molar-refractivity contribution in [3.05, 3.63) is 58.3 Å². The van der Waals surface area contributed by atoms with Gasteiger partial charge in [-0.05, 0) is 51.1 Å². The molecule has 37 heavy (non-hydrogen) atoms. The van der Waals surface area contributed by atoms with Gasteiger partial charge in [0.05, 0.1) is 46.2 Å². The molecule has 0 aliphatic carbocycles. The minimum absolute atomic E-state index is 0.234. The van der Waals surface area contributed by atoms with E-state index in [1.54, 1.807) is 37.8 Å². The fourth-order valence-corrected chi connectivity index (χ4v) is 6.49. The first-order chi connectivity index (χ1) is 17.7. The summed E-state index contributed by atoms with van der Waals surface area (Å²) in [7, 11) is 1.14. The quantitative estimate of drug-likeness (QED) is 0.237.